The van der Waals surface area contributed by atoms with E-state index in [-0.39, 0.29) is 11.2 Å². The second-order valence-electron chi connectivity index (χ2n) is 8.70. The first-order valence-electron chi connectivity index (χ1n) is 8.81. The first-order chi connectivity index (χ1) is 9.59. The van der Waals surface area contributed by atoms with Gasteiger partial charge in [-0.2, -0.15) is 0 Å². The predicted molar refractivity (Wildman–Crippen MR) is 76.3 cm³/mol. The third-order valence-electron chi connectivity index (χ3n) is 8.06. The Morgan fingerprint density at radius 3 is 2.85 bits per heavy atom. The summed E-state index contributed by atoms with van der Waals surface area (Å²) in [4.78, 5) is 11.9. The first kappa shape index (κ1) is 12.2. The number of ether oxygens (including phenoxy) is 1. The number of rotatable bonds is 0. The van der Waals surface area contributed by atoms with Crippen molar-refractivity contribution < 1.29 is 9.53 Å². The molecule has 5 rings (SSSR count). The molecule has 1 saturated heterocycles. The van der Waals surface area contributed by atoms with Crippen LogP contribution in [0.15, 0.2) is 0 Å². The molecule has 0 N–H and O–H groups in total. The van der Waals surface area contributed by atoms with Gasteiger partial charge in [0, 0.05) is 12.8 Å². The Balaban J connectivity index is 1.50. The zero-order valence-corrected chi connectivity index (χ0v) is 12.6. The highest BCUT2D eigenvalue weighted by Gasteiger charge is 2.78. The van der Waals surface area contributed by atoms with Crippen LogP contribution in [0.4, 0.5) is 0 Å². The highest BCUT2D eigenvalue weighted by atomic mass is 16.6. The normalized spacial score (nSPS) is 60.2. The fraction of sp³-hybridized carbons (Fsp3) is 0.944. The molecular formula is C18H26O2. The number of epoxide rings is 1. The van der Waals surface area contributed by atoms with E-state index < -0.39 is 0 Å². The molecule has 4 aliphatic carbocycles. The third kappa shape index (κ3) is 1.24. The summed E-state index contributed by atoms with van der Waals surface area (Å²) in [5, 5.41) is 0. The summed E-state index contributed by atoms with van der Waals surface area (Å²) >= 11 is 0. The number of hydrogen-bond donors (Lipinski definition) is 0. The molecule has 0 radical (unpaired) electrons. The molecule has 5 unspecified atom stereocenters. The average molecular weight is 274 g/mol. The van der Waals surface area contributed by atoms with Crippen LogP contribution in [0.3, 0.4) is 0 Å². The fourth-order valence-corrected chi connectivity index (χ4v) is 7.13. The smallest absolute Gasteiger partial charge is 0.136 e. The highest BCUT2D eigenvalue weighted by Crippen LogP contribution is 2.72. The van der Waals surface area contributed by atoms with Crippen LogP contribution >= 0.6 is 0 Å². The van der Waals surface area contributed by atoms with Crippen molar-refractivity contribution >= 4 is 5.78 Å². The van der Waals surface area contributed by atoms with Crippen LogP contribution in [0.1, 0.15) is 71.1 Å². The summed E-state index contributed by atoms with van der Waals surface area (Å²) in [6.07, 6.45) is 12.2. The predicted octanol–water partition coefficient (Wildman–Crippen LogP) is 3.87. The highest BCUT2D eigenvalue weighted by molar-refractivity contribution is 5.82. The van der Waals surface area contributed by atoms with E-state index in [1.807, 2.05) is 0 Å². The van der Waals surface area contributed by atoms with E-state index in [0.717, 1.165) is 37.0 Å². The van der Waals surface area contributed by atoms with Crippen molar-refractivity contribution in [3.05, 3.63) is 0 Å². The van der Waals surface area contributed by atoms with Gasteiger partial charge in [0.2, 0.25) is 0 Å². The summed E-state index contributed by atoms with van der Waals surface area (Å²) in [6, 6.07) is 0. The SMILES string of the molecule is CC12CCCC1C1CC[C@]34CC(=O)CCC3(O4)C1CC2. The van der Waals surface area contributed by atoms with Gasteiger partial charge in [0.15, 0.2) is 0 Å². The molecule has 6 atom stereocenters. The van der Waals surface area contributed by atoms with Crippen molar-refractivity contribution in [1.82, 2.24) is 0 Å². The number of fused-ring (bicyclic) bond motifs is 3. The molecule has 110 valence electrons. The Hall–Kier alpha value is -0.370. The summed E-state index contributed by atoms with van der Waals surface area (Å²) < 4.78 is 6.41. The number of hydrogen-bond acceptors (Lipinski definition) is 2. The number of carbonyl (C=O) groups is 1. The Morgan fingerprint density at radius 1 is 1.05 bits per heavy atom. The lowest BCUT2D eigenvalue weighted by atomic mass is 9.51. The van der Waals surface area contributed by atoms with Gasteiger partial charge in [-0.25, -0.2) is 0 Å². The minimum Gasteiger partial charge on any atom is -0.362 e. The maximum absolute atomic E-state index is 11.9. The molecule has 5 fully saturated rings. The average Bonchev–Trinajstić information content (AvgIpc) is 2.95. The zero-order valence-electron chi connectivity index (χ0n) is 12.6. The van der Waals surface area contributed by atoms with E-state index in [0.29, 0.717) is 11.2 Å². The molecule has 0 aromatic heterocycles. The van der Waals surface area contributed by atoms with Gasteiger partial charge in [0.1, 0.15) is 17.0 Å². The Bertz CT molecular complexity index is 486. The molecule has 2 nitrogen and oxygen atoms in total. The number of Topliss-reactive ketones (excluding diaryl/α,β-unsaturated/α-hetero) is 1. The van der Waals surface area contributed by atoms with Gasteiger partial charge in [-0.3, -0.25) is 4.79 Å². The summed E-state index contributed by atoms with van der Waals surface area (Å²) in [7, 11) is 0. The quantitative estimate of drug-likeness (QED) is 0.627. The molecular weight excluding hydrogens is 248 g/mol. The molecule has 0 bridgehead atoms. The van der Waals surface area contributed by atoms with Crippen molar-refractivity contribution in [1.29, 1.82) is 0 Å². The molecule has 1 aliphatic heterocycles. The van der Waals surface area contributed by atoms with Crippen LogP contribution in [-0.2, 0) is 9.53 Å². The van der Waals surface area contributed by atoms with Gasteiger partial charge in [0.05, 0.1) is 0 Å². The van der Waals surface area contributed by atoms with E-state index in [4.69, 9.17) is 4.74 Å². The molecule has 0 spiro atoms. The monoisotopic (exact) mass is 274 g/mol. The lowest BCUT2D eigenvalue weighted by Crippen LogP contribution is -2.52. The second kappa shape index (κ2) is 3.51. The van der Waals surface area contributed by atoms with Crippen LogP contribution in [0.5, 0.6) is 0 Å². The second-order valence-corrected chi connectivity index (χ2v) is 8.70. The van der Waals surface area contributed by atoms with Gasteiger partial charge < -0.3 is 4.74 Å². The van der Waals surface area contributed by atoms with Gasteiger partial charge in [0.25, 0.3) is 0 Å². The van der Waals surface area contributed by atoms with Gasteiger partial charge >= 0.3 is 0 Å². The van der Waals surface area contributed by atoms with Crippen LogP contribution in [0, 0.1) is 23.2 Å². The molecule has 1 heterocycles. The molecule has 4 saturated carbocycles. The first-order valence-corrected chi connectivity index (χ1v) is 8.81. The van der Waals surface area contributed by atoms with Crippen LogP contribution in [0.2, 0.25) is 0 Å². The van der Waals surface area contributed by atoms with E-state index in [1.165, 1.54) is 44.9 Å². The van der Waals surface area contributed by atoms with Crippen LogP contribution < -0.4 is 0 Å². The molecule has 0 aromatic rings. The van der Waals surface area contributed by atoms with Gasteiger partial charge in [-0.1, -0.05) is 13.3 Å². The fourth-order valence-electron chi connectivity index (χ4n) is 7.13. The largest absolute Gasteiger partial charge is 0.362 e. The Labute approximate surface area is 121 Å². The molecule has 0 aromatic carbocycles. The topological polar surface area (TPSA) is 29.6 Å². The Morgan fingerprint density at radius 2 is 1.95 bits per heavy atom. The Kier molecular flexibility index (Phi) is 2.14. The van der Waals surface area contributed by atoms with Crippen molar-refractivity contribution in [3.63, 3.8) is 0 Å². The van der Waals surface area contributed by atoms with Crippen molar-refractivity contribution in [2.75, 3.05) is 0 Å². The summed E-state index contributed by atoms with van der Waals surface area (Å²) in [5.41, 5.74) is 0.792. The van der Waals surface area contributed by atoms with Crippen molar-refractivity contribution in [3.8, 4) is 0 Å². The minimum absolute atomic E-state index is 0.00977. The summed E-state index contributed by atoms with van der Waals surface area (Å²) in [5.74, 6) is 3.09. The van der Waals surface area contributed by atoms with E-state index in [2.05, 4.69) is 6.92 Å². The number of ketones is 1. The van der Waals surface area contributed by atoms with Crippen molar-refractivity contribution in [2.45, 2.75) is 82.3 Å². The molecule has 20 heavy (non-hydrogen) atoms. The van der Waals surface area contributed by atoms with Gasteiger partial charge in [-0.05, 0) is 68.1 Å². The van der Waals surface area contributed by atoms with Crippen molar-refractivity contribution in [2.24, 2.45) is 23.2 Å². The van der Waals surface area contributed by atoms with E-state index >= 15 is 0 Å². The summed E-state index contributed by atoms with van der Waals surface area (Å²) in [6.45, 7) is 2.55. The lowest BCUT2D eigenvalue weighted by molar-refractivity contribution is -0.122. The molecule has 2 heteroatoms. The molecule has 0 amide bonds. The maximum Gasteiger partial charge on any atom is 0.136 e. The van der Waals surface area contributed by atoms with E-state index in [1.54, 1.807) is 0 Å². The lowest BCUT2D eigenvalue weighted by Gasteiger charge is -2.52. The van der Waals surface area contributed by atoms with Crippen LogP contribution in [0.25, 0.3) is 0 Å². The number of carbonyl (C=O) groups excluding carboxylic acids is 1. The maximum atomic E-state index is 11.9. The zero-order chi connectivity index (χ0) is 13.6. The van der Waals surface area contributed by atoms with Crippen LogP contribution in [-0.4, -0.2) is 17.0 Å². The third-order valence-corrected chi connectivity index (χ3v) is 8.06. The standard InChI is InChI=1S/C18H26O2/c1-16-7-2-3-14(16)13-5-9-17-11-12(19)4-10-18(17,20-17)15(13)6-8-16/h13-15H,2-11H2,1H3/t13?,14?,15?,16?,17-,18?/m0/s1. The molecule has 5 aliphatic rings. The minimum atomic E-state index is 0.00977. The van der Waals surface area contributed by atoms with E-state index in [9.17, 15) is 4.79 Å². The van der Waals surface area contributed by atoms with Gasteiger partial charge in [-0.15, -0.1) is 0 Å².